The molecule has 0 saturated heterocycles. The summed E-state index contributed by atoms with van der Waals surface area (Å²) in [6.45, 7) is 10.1. The SMILES string of the molecule is C=CCCC(O)=C(C#N)C(=O)Nc1ccc(-c2ccc(C(C)(C)C)cc2)s1. The van der Waals surface area contributed by atoms with Crippen LogP contribution < -0.4 is 5.32 Å². The lowest BCUT2D eigenvalue weighted by molar-refractivity contribution is -0.112. The summed E-state index contributed by atoms with van der Waals surface area (Å²) in [6, 6.07) is 13.9. The van der Waals surface area contributed by atoms with Gasteiger partial charge >= 0.3 is 0 Å². The summed E-state index contributed by atoms with van der Waals surface area (Å²) in [7, 11) is 0. The molecule has 5 heteroatoms. The highest BCUT2D eigenvalue weighted by atomic mass is 32.1. The van der Waals surface area contributed by atoms with Gasteiger partial charge in [-0.25, -0.2) is 0 Å². The Hall–Kier alpha value is -2.84. The molecular formula is C22H24N2O2S. The fraction of sp³-hybridized carbons (Fsp3) is 0.273. The molecule has 0 fully saturated rings. The minimum atomic E-state index is -0.601. The van der Waals surface area contributed by atoms with Gasteiger partial charge in [-0.1, -0.05) is 51.1 Å². The van der Waals surface area contributed by atoms with Crippen LogP contribution in [0.4, 0.5) is 5.00 Å². The van der Waals surface area contributed by atoms with Crippen molar-refractivity contribution in [3.8, 4) is 16.5 Å². The molecule has 0 atom stereocenters. The van der Waals surface area contributed by atoms with Crippen LogP contribution in [0, 0.1) is 11.3 Å². The number of carbonyl (C=O) groups excluding carboxylic acids is 1. The number of carbonyl (C=O) groups is 1. The Morgan fingerprint density at radius 2 is 1.93 bits per heavy atom. The molecular weight excluding hydrogens is 356 g/mol. The Morgan fingerprint density at radius 3 is 2.48 bits per heavy atom. The van der Waals surface area contributed by atoms with Crippen molar-refractivity contribution in [2.45, 2.75) is 39.0 Å². The van der Waals surface area contributed by atoms with Crippen LogP contribution in [0.2, 0.25) is 0 Å². The molecule has 1 aromatic carbocycles. The zero-order chi connectivity index (χ0) is 20.0. The molecule has 0 bridgehead atoms. The zero-order valence-electron chi connectivity index (χ0n) is 15.9. The van der Waals surface area contributed by atoms with E-state index in [0.29, 0.717) is 11.4 Å². The van der Waals surface area contributed by atoms with Gasteiger partial charge in [0.25, 0.3) is 5.91 Å². The molecule has 0 saturated carbocycles. The third-order valence-corrected chi connectivity index (χ3v) is 5.14. The normalized spacial score (nSPS) is 12.1. The summed E-state index contributed by atoms with van der Waals surface area (Å²) in [5, 5.41) is 22.4. The number of hydrogen-bond acceptors (Lipinski definition) is 4. The number of aliphatic hydroxyl groups excluding tert-OH is 1. The molecule has 1 amide bonds. The molecule has 2 N–H and O–H groups in total. The van der Waals surface area contributed by atoms with Gasteiger partial charge in [0.15, 0.2) is 5.57 Å². The topological polar surface area (TPSA) is 73.1 Å². The van der Waals surface area contributed by atoms with Gasteiger partial charge in [-0.15, -0.1) is 17.9 Å². The van der Waals surface area contributed by atoms with E-state index in [2.05, 4.69) is 56.9 Å². The number of nitrogens with one attached hydrogen (secondary N) is 1. The van der Waals surface area contributed by atoms with E-state index in [4.69, 9.17) is 5.26 Å². The highest BCUT2D eigenvalue weighted by Crippen LogP contribution is 2.33. The number of anilines is 1. The molecule has 4 nitrogen and oxygen atoms in total. The maximum absolute atomic E-state index is 12.3. The molecule has 0 aliphatic heterocycles. The Kier molecular flexibility index (Phi) is 6.59. The average Bonchev–Trinajstić information content (AvgIpc) is 3.08. The first-order valence-electron chi connectivity index (χ1n) is 8.71. The van der Waals surface area contributed by atoms with Crippen LogP contribution in [0.5, 0.6) is 0 Å². The Balaban J connectivity index is 2.15. The number of rotatable bonds is 6. The molecule has 2 rings (SSSR count). The highest BCUT2D eigenvalue weighted by Gasteiger charge is 2.17. The summed E-state index contributed by atoms with van der Waals surface area (Å²) in [4.78, 5) is 13.3. The molecule has 0 aliphatic carbocycles. The van der Waals surface area contributed by atoms with Crippen LogP contribution in [-0.4, -0.2) is 11.0 Å². The number of allylic oxidation sites excluding steroid dienone is 2. The standard InChI is InChI=1S/C22H24N2O2S/c1-5-6-7-18(25)17(14-23)21(26)24-20-13-12-19(27-20)15-8-10-16(11-9-15)22(2,3)4/h5,8-13,25H,1,6-7H2,2-4H3,(H,24,26). The van der Waals surface area contributed by atoms with Crippen LogP contribution in [0.15, 0.2) is 60.4 Å². The maximum atomic E-state index is 12.3. The van der Waals surface area contributed by atoms with Crippen LogP contribution in [0.3, 0.4) is 0 Å². The summed E-state index contributed by atoms with van der Waals surface area (Å²) in [6.07, 6.45) is 2.34. The number of thiophene rings is 1. The molecule has 27 heavy (non-hydrogen) atoms. The summed E-state index contributed by atoms with van der Waals surface area (Å²) in [5.74, 6) is -0.819. The van der Waals surface area contributed by atoms with Gasteiger partial charge in [-0.3, -0.25) is 4.79 Å². The van der Waals surface area contributed by atoms with Crippen molar-refractivity contribution in [3.05, 3.63) is 65.9 Å². The lowest BCUT2D eigenvalue weighted by Crippen LogP contribution is -2.14. The van der Waals surface area contributed by atoms with Gasteiger partial charge < -0.3 is 10.4 Å². The number of amides is 1. The number of aliphatic hydroxyl groups is 1. The minimum Gasteiger partial charge on any atom is -0.511 e. The van der Waals surface area contributed by atoms with Crippen LogP contribution in [0.25, 0.3) is 10.4 Å². The predicted molar refractivity (Wildman–Crippen MR) is 112 cm³/mol. The van der Waals surface area contributed by atoms with Crippen molar-refractivity contribution in [2.75, 3.05) is 5.32 Å². The summed E-state index contributed by atoms with van der Waals surface area (Å²) >= 11 is 1.42. The van der Waals surface area contributed by atoms with Crippen molar-refractivity contribution >= 4 is 22.2 Å². The van der Waals surface area contributed by atoms with Gasteiger partial charge in [0.2, 0.25) is 0 Å². The second kappa shape index (κ2) is 8.70. The lowest BCUT2D eigenvalue weighted by Gasteiger charge is -2.18. The Morgan fingerprint density at radius 1 is 1.26 bits per heavy atom. The maximum Gasteiger partial charge on any atom is 0.270 e. The Labute approximate surface area is 164 Å². The first-order chi connectivity index (χ1) is 12.8. The van der Waals surface area contributed by atoms with Crippen molar-refractivity contribution < 1.29 is 9.90 Å². The molecule has 2 aromatic rings. The smallest absolute Gasteiger partial charge is 0.270 e. The highest BCUT2D eigenvalue weighted by molar-refractivity contribution is 7.19. The molecule has 1 heterocycles. The second-order valence-corrected chi connectivity index (χ2v) is 8.29. The number of benzene rings is 1. The van der Waals surface area contributed by atoms with Gasteiger partial charge in [0, 0.05) is 11.3 Å². The van der Waals surface area contributed by atoms with E-state index >= 15 is 0 Å². The first kappa shape index (κ1) is 20.5. The second-order valence-electron chi connectivity index (χ2n) is 7.21. The first-order valence-corrected chi connectivity index (χ1v) is 9.53. The van der Waals surface area contributed by atoms with Crippen LogP contribution in [-0.2, 0) is 10.2 Å². The van der Waals surface area contributed by atoms with E-state index in [1.807, 2.05) is 6.07 Å². The van der Waals surface area contributed by atoms with E-state index in [9.17, 15) is 9.90 Å². The van der Waals surface area contributed by atoms with Gasteiger partial charge in [0.05, 0.1) is 5.00 Å². The van der Waals surface area contributed by atoms with Crippen molar-refractivity contribution in [1.82, 2.24) is 0 Å². The molecule has 0 spiro atoms. The third-order valence-electron chi connectivity index (χ3n) is 4.09. The third kappa shape index (κ3) is 5.32. The van der Waals surface area contributed by atoms with Crippen molar-refractivity contribution in [1.29, 1.82) is 5.26 Å². The van der Waals surface area contributed by atoms with Gasteiger partial charge in [0.1, 0.15) is 11.8 Å². The number of nitrogens with zero attached hydrogens (tertiary/aromatic N) is 1. The zero-order valence-corrected chi connectivity index (χ0v) is 16.7. The van der Waals surface area contributed by atoms with E-state index in [0.717, 1.165) is 10.4 Å². The Bertz CT molecular complexity index is 894. The van der Waals surface area contributed by atoms with Crippen molar-refractivity contribution in [2.24, 2.45) is 0 Å². The minimum absolute atomic E-state index is 0.0980. The quantitative estimate of drug-likeness (QED) is 0.281. The number of hydrogen-bond donors (Lipinski definition) is 2. The average molecular weight is 381 g/mol. The fourth-order valence-electron chi connectivity index (χ4n) is 2.48. The molecule has 0 aliphatic rings. The molecule has 140 valence electrons. The largest absolute Gasteiger partial charge is 0.511 e. The van der Waals surface area contributed by atoms with Crippen LogP contribution >= 0.6 is 11.3 Å². The summed E-state index contributed by atoms with van der Waals surface area (Å²) in [5.41, 5.74) is 2.16. The van der Waals surface area contributed by atoms with E-state index < -0.39 is 5.91 Å². The lowest BCUT2D eigenvalue weighted by atomic mass is 9.86. The van der Waals surface area contributed by atoms with Gasteiger partial charge in [-0.2, -0.15) is 5.26 Å². The van der Waals surface area contributed by atoms with E-state index in [1.165, 1.54) is 16.9 Å². The predicted octanol–water partition coefficient (Wildman–Crippen LogP) is 5.95. The fourth-order valence-corrected chi connectivity index (χ4v) is 3.39. The molecule has 0 radical (unpaired) electrons. The monoisotopic (exact) mass is 380 g/mol. The molecule has 0 unspecified atom stereocenters. The van der Waals surface area contributed by atoms with E-state index in [1.54, 1.807) is 18.2 Å². The molecule has 1 aromatic heterocycles. The van der Waals surface area contributed by atoms with Gasteiger partial charge in [-0.05, 0) is 35.1 Å². The summed E-state index contributed by atoms with van der Waals surface area (Å²) < 4.78 is 0. The number of nitriles is 1. The van der Waals surface area contributed by atoms with Crippen LogP contribution in [0.1, 0.15) is 39.2 Å². The van der Waals surface area contributed by atoms with E-state index in [-0.39, 0.29) is 23.2 Å². The van der Waals surface area contributed by atoms with Crippen molar-refractivity contribution in [3.63, 3.8) is 0 Å².